The lowest BCUT2D eigenvalue weighted by Gasteiger charge is -2.12. The zero-order valence-electron chi connectivity index (χ0n) is 15.5. The molecule has 0 aliphatic rings. The molecule has 2 N–H and O–H groups in total. The molecular weight excluding hydrogens is 481 g/mol. The van der Waals surface area contributed by atoms with Gasteiger partial charge in [0.2, 0.25) is 5.91 Å². The van der Waals surface area contributed by atoms with Crippen LogP contribution in [0.3, 0.4) is 0 Å². The van der Waals surface area contributed by atoms with Crippen molar-refractivity contribution in [2.45, 2.75) is 20.3 Å². The number of aryl methyl sites for hydroxylation is 1. The fourth-order valence-electron chi connectivity index (χ4n) is 2.06. The maximum Gasteiger partial charge on any atom is 0.243 e. The Morgan fingerprint density at radius 3 is 2.69 bits per heavy atom. The van der Waals surface area contributed by atoms with E-state index in [0.29, 0.717) is 5.96 Å². The first-order chi connectivity index (χ1) is 12.0. The predicted molar refractivity (Wildman–Crippen MR) is 122 cm³/mol. The number of amides is 1. The zero-order chi connectivity index (χ0) is 18.2. The monoisotopic (exact) mass is 507 g/mol. The number of thiophene rings is 1. The molecule has 0 saturated carbocycles. The maximum absolute atomic E-state index is 11.6. The van der Waals surface area contributed by atoms with Gasteiger partial charge in [0, 0.05) is 37.4 Å². The number of likely N-dealkylation sites (N-methyl/N-ethyl adjacent to an activating group) is 1. The number of aliphatic imine (C=N–C) groups is 1. The Morgan fingerprint density at radius 2 is 2.08 bits per heavy atom. The summed E-state index contributed by atoms with van der Waals surface area (Å²) < 4.78 is 0. The Bertz CT molecular complexity index is 726. The van der Waals surface area contributed by atoms with Crippen molar-refractivity contribution >= 4 is 58.5 Å². The van der Waals surface area contributed by atoms with Crippen molar-refractivity contribution < 1.29 is 4.79 Å². The highest BCUT2D eigenvalue weighted by Gasteiger charge is 2.07. The van der Waals surface area contributed by atoms with Crippen molar-refractivity contribution in [3.8, 4) is 10.6 Å². The Labute approximate surface area is 180 Å². The molecule has 0 fully saturated rings. The van der Waals surface area contributed by atoms with Crippen molar-refractivity contribution in [1.82, 2.24) is 20.5 Å². The topological polar surface area (TPSA) is 69.6 Å². The van der Waals surface area contributed by atoms with Gasteiger partial charge in [0.15, 0.2) is 5.96 Å². The number of rotatable bonds is 7. The van der Waals surface area contributed by atoms with E-state index in [1.54, 1.807) is 41.7 Å². The van der Waals surface area contributed by atoms with Gasteiger partial charge in [-0.2, -0.15) is 0 Å². The van der Waals surface area contributed by atoms with Crippen molar-refractivity contribution in [3.05, 3.63) is 27.4 Å². The van der Waals surface area contributed by atoms with Crippen molar-refractivity contribution in [3.63, 3.8) is 0 Å². The first-order valence-electron chi connectivity index (χ1n) is 8.23. The van der Waals surface area contributed by atoms with E-state index in [0.717, 1.165) is 30.2 Å². The molecule has 26 heavy (non-hydrogen) atoms. The minimum atomic E-state index is -0.0151. The van der Waals surface area contributed by atoms with E-state index in [9.17, 15) is 4.79 Å². The number of guanidine groups is 1. The molecule has 2 rings (SSSR count). The minimum absolute atomic E-state index is 0. The van der Waals surface area contributed by atoms with Gasteiger partial charge in [-0.15, -0.1) is 46.7 Å². The molecule has 0 saturated heterocycles. The third-order valence-electron chi connectivity index (χ3n) is 3.41. The molecule has 0 unspecified atom stereocenters. The van der Waals surface area contributed by atoms with Crippen molar-refractivity contribution in [2.75, 3.05) is 33.7 Å². The Hall–Kier alpha value is -1.20. The van der Waals surface area contributed by atoms with E-state index in [1.165, 1.54) is 9.75 Å². The number of carbonyl (C=O) groups excluding carboxylic acids is 1. The molecule has 0 spiro atoms. The summed E-state index contributed by atoms with van der Waals surface area (Å²) in [6.45, 7) is 5.70. The van der Waals surface area contributed by atoms with Gasteiger partial charge >= 0.3 is 0 Å². The maximum atomic E-state index is 11.6. The van der Waals surface area contributed by atoms with Crippen LogP contribution in [-0.2, 0) is 11.2 Å². The van der Waals surface area contributed by atoms with Gasteiger partial charge in [-0.1, -0.05) is 0 Å². The molecule has 0 radical (unpaired) electrons. The summed E-state index contributed by atoms with van der Waals surface area (Å²) in [6, 6.07) is 4.28. The average Bonchev–Trinajstić information content (AvgIpc) is 3.21. The predicted octanol–water partition coefficient (Wildman–Crippen LogP) is 2.98. The van der Waals surface area contributed by atoms with Crippen LogP contribution in [0.4, 0.5) is 0 Å². The summed E-state index contributed by atoms with van der Waals surface area (Å²) >= 11 is 3.44. The largest absolute Gasteiger partial charge is 0.357 e. The first kappa shape index (κ1) is 22.8. The van der Waals surface area contributed by atoms with E-state index in [1.807, 2.05) is 13.8 Å². The average molecular weight is 507 g/mol. The van der Waals surface area contributed by atoms with Gasteiger partial charge in [0.1, 0.15) is 6.54 Å². The van der Waals surface area contributed by atoms with Crippen LogP contribution < -0.4 is 10.6 Å². The lowest BCUT2D eigenvalue weighted by Crippen LogP contribution is -2.39. The first-order valence-corrected chi connectivity index (χ1v) is 9.92. The fourth-order valence-corrected chi connectivity index (χ4v) is 3.72. The van der Waals surface area contributed by atoms with Crippen LogP contribution >= 0.6 is 46.7 Å². The molecular formula is C17H26IN5OS2. The minimum Gasteiger partial charge on any atom is -0.357 e. The standard InChI is InChI=1S/C17H25N5OS2.HI/c1-5-18-17(20-10-16(23)22(3)4)19-9-8-13-6-7-15(25-13)14-11-24-12(2)21-14;/h6-7,11H,5,8-10H2,1-4H3,(H2,18,19,20);1H. The van der Waals surface area contributed by atoms with E-state index in [4.69, 9.17) is 0 Å². The number of hydrogen-bond donors (Lipinski definition) is 2. The molecule has 0 aliphatic carbocycles. The van der Waals surface area contributed by atoms with Crippen LogP contribution in [0, 0.1) is 6.92 Å². The van der Waals surface area contributed by atoms with E-state index >= 15 is 0 Å². The SMILES string of the molecule is CCNC(=NCC(=O)N(C)C)NCCc1ccc(-c2csc(C)n2)s1.I. The van der Waals surface area contributed by atoms with Gasteiger partial charge in [0.05, 0.1) is 15.6 Å². The number of nitrogens with one attached hydrogen (secondary N) is 2. The quantitative estimate of drug-likeness (QED) is 0.344. The van der Waals surface area contributed by atoms with Crippen LogP contribution in [0.15, 0.2) is 22.5 Å². The number of nitrogens with zero attached hydrogens (tertiary/aromatic N) is 3. The molecule has 0 aliphatic heterocycles. The molecule has 0 aromatic carbocycles. The molecule has 0 atom stereocenters. The summed E-state index contributed by atoms with van der Waals surface area (Å²) in [5, 5.41) is 9.62. The number of halogens is 1. The number of aromatic nitrogens is 1. The molecule has 144 valence electrons. The third kappa shape index (κ3) is 7.20. The van der Waals surface area contributed by atoms with Gasteiger partial charge in [-0.3, -0.25) is 4.79 Å². The van der Waals surface area contributed by atoms with Gasteiger partial charge < -0.3 is 15.5 Å². The summed E-state index contributed by atoms with van der Waals surface area (Å²) in [7, 11) is 3.47. The van der Waals surface area contributed by atoms with Gasteiger partial charge in [0.25, 0.3) is 0 Å². The highest BCUT2D eigenvalue weighted by Crippen LogP contribution is 2.29. The summed E-state index contributed by atoms with van der Waals surface area (Å²) in [4.78, 5) is 24.5. The zero-order valence-corrected chi connectivity index (χ0v) is 19.5. The van der Waals surface area contributed by atoms with Gasteiger partial charge in [-0.05, 0) is 32.4 Å². The molecule has 2 heterocycles. The Kier molecular flexibility index (Phi) is 10.1. The highest BCUT2D eigenvalue weighted by atomic mass is 127. The third-order valence-corrected chi connectivity index (χ3v) is 5.35. The summed E-state index contributed by atoms with van der Waals surface area (Å²) in [6.07, 6.45) is 0.903. The second kappa shape index (κ2) is 11.5. The Balaban J connectivity index is 0.00000338. The second-order valence-corrected chi connectivity index (χ2v) is 7.91. The lowest BCUT2D eigenvalue weighted by molar-refractivity contribution is -0.127. The van der Waals surface area contributed by atoms with Crippen LogP contribution in [0.5, 0.6) is 0 Å². The van der Waals surface area contributed by atoms with Gasteiger partial charge in [-0.25, -0.2) is 9.98 Å². The van der Waals surface area contributed by atoms with Crippen LogP contribution in [-0.4, -0.2) is 55.5 Å². The summed E-state index contributed by atoms with van der Waals surface area (Å²) in [5.74, 6) is 0.656. The number of carbonyl (C=O) groups is 1. The molecule has 2 aromatic heterocycles. The van der Waals surface area contributed by atoms with E-state index in [2.05, 4.69) is 38.1 Å². The number of hydrogen-bond acceptors (Lipinski definition) is 5. The molecule has 2 aromatic rings. The fraction of sp³-hybridized carbons (Fsp3) is 0.471. The van der Waals surface area contributed by atoms with Crippen molar-refractivity contribution in [1.29, 1.82) is 0 Å². The van der Waals surface area contributed by atoms with E-state index in [-0.39, 0.29) is 36.4 Å². The molecule has 0 bridgehead atoms. The number of thiazole rings is 1. The summed E-state index contributed by atoms with van der Waals surface area (Å²) in [5.41, 5.74) is 1.06. The highest BCUT2D eigenvalue weighted by molar-refractivity contribution is 14.0. The molecule has 1 amide bonds. The molecule has 9 heteroatoms. The van der Waals surface area contributed by atoms with Crippen LogP contribution in [0.1, 0.15) is 16.8 Å². The van der Waals surface area contributed by atoms with Crippen molar-refractivity contribution in [2.24, 2.45) is 4.99 Å². The molecule has 6 nitrogen and oxygen atoms in total. The van der Waals surface area contributed by atoms with Crippen LogP contribution in [0.25, 0.3) is 10.6 Å². The van der Waals surface area contributed by atoms with E-state index < -0.39 is 0 Å². The Morgan fingerprint density at radius 1 is 1.31 bits per heavy atom. The second-order valence-electron chi connectivity index (χ2n) is 5.68. The van der Waals surface area contributed by atoms with Crippen LogP contribution in [0.2, 0.25) is 0 Å². The normalized spacial score (nSPS) is 11.0. The lowest BCUT2D eigenvalue weighted by atomic mass is 10.3. The smallest absolute Gasteiger partial charge is 0.243 e.